The number of esters is 1. The fourth-order valence-corrected chi connectivity index (χ4v) is 2.22. The first kappa shape index (κ1) is 19.1. The topological polar surface area (TPSA) is 94.8 Å². The second-order valence-corrected chi connectivity index (χ2v) is 5.18. The van der Waals surface area contributed by atoms with Gasteiger partial charge in [0.05, 0.1) is 5.69 Å². The molecule has 26 heavy (non-hydrogen) atoms. The Bertz CT molecular complexity index is 852. The maximum absolute atomic E-state index is 12.3. The van der Waals surface area contributed by atoms with Crippen LogP contribution in [0.15, 0.2) is 39.5 Å². The second-order valence-electron chi connectivity index (χ2n) is 5.18. The number of hydrogen-bond acceptors (Lipinski definition) is 6. The summed E-state index contributed by atoms with van der Waals surface area (Å²) in [7, 11) is 0. The van der Waals surface area contributed by atoms with Crippen molar-refractivity contribution in [2.24, 2.45) is 0 Å². The maximum atomic E-state index is 12.3. The Morgan fingerprint density at radius 2 is 1.92 bits per heavy atom. The zero-order valence-electron chi connectivity index (χ0n) is 13.9. The Labute approximate surface area is 146 Å². The Balaban J connectivity index is 2.02. The molecule has 0 aliphatic carbocycles. The standard InChI is InChI=1S/C17H15F2NO6/c1-9-7-14(22)25-10(2)15(9)16(23)24-8-13(21)20-11-5-3-4-6-12(11)26-17(18)19/h3-7,17H,8H2,1-2H3,(H,20,21). The number of halogens is 2. The van der Waals surface area contributed by atoms with Crippen LogP contribution in [0.5, 0.6) is 5.75 Å². The minimum absolute atomic E-state index is 0.00641. The monoisotopic (exact) mass is 367 g/mol. The van der Waals surface area contributed by atoms with E-state index in [0.717, 1.165) is 6.07 Å². The summed E-state index contributed by atoms with van der Waals surface area (Å²) in [6.07, 6.45) is 0. The summed E-state index contributed by atoms with van der Waals surface area (Å²) in [5, 5.41) is 2.31. The predicted octanol–water partition coefficient (Wildman–Crippen LogP) is 2.65. The summed E-state index contributed by atoms with van der Waals surface area (Å²) in [4.78, 5) is 35.2. The number of amides is 1. The SMILES string of the molecule is Cc1cc(=O)oc(C)c1C(=O)OCC(=O)Nc1ccccc1OC(F)F. The normalized spacial score (nSPS) is 10.5. The number of para-hydroxylation sites is 2. The lowest BCUT2D eigenvalue weighted by molar-refractivity contribution is -0.119. The number of alkyl halides is 2. The van der Waals surface area contributed by atoms with Crippen LogP contribution in [0.3, 0.4) is 0 Å². The smallest absolute Gasteiger partial charge is 0.387 e. The first-order chi connectivity index (χ1) is 12.3. The molecule has 9 heteroatoms. The quantitative estimate of drug-likeness (QED) is 0.789. The third-order valence-corrected chi connectivity index (χ3v) is 3.25. The van der Waals surface area contributed by atoms with E-state index in [1.165, 1.54) is 38.1 Å². The van der Waals surface area contributed by atoms with Crippen molar-refractivity contribution >= 4 is 17.6 Å². The van der Waals surface area contributed by atoms with Crippen LogP contribution in [-0.4, -0.2) is 25.1 Å². The molecule has 2 rings (SSSR count). The Kier molecular flexibility index (Phi) is 6.05. The number of anilines is 1. The fourth-order valence-electron chi connectivity index (χ4n) is 2.22. The molecular weight excluding hydrogens is 352 g/mol. The zero-order valence-corrected chi connectivity index (χ0v) is 13.9. The van der Waals surface area contributed by atoms with E-state index in [4.69, 9.17) is 9.15 Å². The van der Waals surface area contributed by atoms with Gasteiger partial charge in [-0.2, -0.15) is 8.78 Å². The van der Waals surface area contributed by atoms with Crippen molar-refractivity contribution in [3.05, 3.63) is 57.6 Å². The molecule has 138 valence electrons. The molecule has 1 aromatic heterocycles. The van der Waals surface area contributed by atoms with E-state index in [9.17, 15) is 23.2 Å². The highest BCUT2D eigenvalue weighted by molar-refractivity contribution is 5.97. The minimum atomic E-state index is -3.05. The number of nitrogens with one attached hydrogen (secondary N) is 1. The highest BCUT2D eigenvalue weighted by Gasteiger charge is 2.18. The van der Waals surface area contributed by atoms with Crippen LogP contribution in [0.4, 0.5) is 14.5 Å². The second kappa shape index (κ2) is 8.24. The molecule has 0 aliphatic rings. The third-order valence-electron chi connectivity index (χ3n) is 3.25. The van der Waals surface area contributed by atoms with Gasteiger partial charge in [0.1, 0.15) is 17.1 Å². The fraction of sp³-hybridized carbons (Fsp3) is 0.235. The van der Waals surface area contributed by atoms with Gasteiger partial charge >= 0.3 is 18.2 Å². The summed E-state index contributed by atoms with van der Waals surface area (Å²) < 4.78 is 38.7. The Hall–Kier alpha value is -3.23. The summed E-state index contributed by atoms with van der Waals surface area (Å²) in [5.41, 5.74) is -0.212. The van der Waals surface area contributed by atoms with Gasteiger partial charge in [-0.1, -0.05) is 12.1 Å². The lowest BCUT2D eigenvalue weighted by atomic mass is 10.1. The minimum Gasteiger partial charge on any atom is -0.452 e. The first-order valence-electron chi connectivity index (χ1n) is 7.40. The van der Waals surface area contributed by atoms with Gasteiger partial charge in [0.15, 0.2) is 6.61 Å². The molecule has 1 aromatic carbocycles. The number of ether oxygens (including phenoxy) is 2. The number of aryl methyl sites for hydroxylation is 2. The van der Waals surface area contributed by atoms with Crippen LogP contribution in [0, 0.1) is 13.8 Å². The number of hydrogen-bond donors (Lipinski definition) is 1. The van der Waals surface area contributed by atoms with Crippen molar-refractivity contribution in [2.75, 3.05) is 11.9 Å². The molecule has 7 nitrogen and oxygen atoms in total. The van der Waals surface area contributed by atoms with E-state index in [1.807, 2.05) is 0 Å². The molecule has 1 heterocycles. The first-order valence-corrected chi connectivity index (χ1v) is 7.40. The molecular formula is C17H15F2NO6. The van der Waals surface area contributed by atoms with Crippen LogP contribution in [0.25, 0.3) is 0 Å². The zero-order chi connectivity index (χ0) is 19.3. The van der Waals surface area contributed by atoms with Crippen LogP contribution in [0.2, 0.25) is 0 Å². The van der Waals surface area contributed by atoms with Crippen LogP contribution in [0.1, 0.15) is 21.7 Å². The maximum Gasteiger partial charge on any atom is 0.387 e. The average molecular weight is 367 g/mol. The molecule has 1 N–H and O–H groups in total. The molecule has 1 amide bonds. The largest absolute Gasteiger partial charge is 0.452 e. The van der Waals surface area contributed by atoms with Crippen molar-refractivity contribution in [1.82, 2.24) is 0 Å². The molecule has 0 saturated heterocycles. The van der Waals surface area contributed by atoms with Crippen molar-refractivity contribution in [1.29, 1.82) is 0 Å². The van der Waals surface area contributed by atoms with Gasteiger partial charge in [-0.05, 0) is 31.5 Å². The van der Waals surface area contributed by atoms with Crippen molar-refractivity contribution in [3.63, 3.8) is 0 Å². The predicted molar refractivity (Wildman–Crippen MR) is 86.4 cm³/mol. The van der Waals surface area contributed by atoms with Gasteiger partial charge in [-0.15, -0.1) is 0 Å². The summed E-state index contributed by atoms with van der Waals surface area (Å²) in [6.45, 7) is -0.772. The summed E-state index contributed by atoms with van der Waals surface area (Å²) in [5.74, 6) is -1.76. The van der Waals surface area contributed by atoms with Crippen LogP contribution >= 0.6 is 0 Å². The number of carbonyl (C=O) groups is 2. The van der Waals surface area contributed by atoms with Gasteiger partial charge < -0.3 is 19.2 Å². The summed E-state index contributed by atoms with van der Waals surface area (Å²) in [6, 6.07) is 6.71. The highest BCUT2D eigenvalue weighted by atomic mass is 19.3. The van der Waals surface area contributed by atoms with Gasteiger partial charge in [-0.3, -0.25) is 4.79 Å². The number of carbonyl (C=O) groups excluding carboxylic acids is 2. The Morgan fingerprint density at radius 1 is 1.23 bits per heavy atom. The number of rotatable bonds is 6. The van der Waals surface area contributed by atoms with Gasteiger partial charge in [0, 0.05) is 6.07 Å². The molecule has 0 unspecified atom stereocenters. The van der Waals surface area contributed by atoms with Crippen LogP contribution < -0.4 is 15.7 Å². The molecule has 0 bridgehead atoms. The number of benzene rings is 1. The van der Waals surface area contributed by atoms with Crippen LogP contribution in [-0.2, 0) is 9.53 Å². The van der Waals surface area contributed by atoms with Crippen molar-refractivity contribution in [3.8, 4) is 5.75 Å². The molecule has 0 fully saturated rings. The van der Waals surface area contributed by atoms with Gasteiger partial charge in [0.25, 0.3) is 5.91 Å². The highest BCUT2D eigenvalue weighted by Crippen LogP contribution is 2.25. The third kappa shape index (κ3) is 4.88. The average Bonchev–Trinajstić information content (AvgIpc) is 2.53. The van der Waals surface area contributed by atoms with Gasteiger partial charge in [0.2, 0.25) is 0 Å². The molecule has 0 saturated carbocycles. The Morgan fingerprint density at radius 3 is 2.58 bits per heavy atom. The lowest BCUT2D eigenvalue weighted by Crippen LogP contribution is -2.22. The van der Waals surface area contributed by atoms with Gasteiger partial charge in [-0.25, -0.2) is 9.59 Å². The van der Waals surface area contributed by atoms with Crippen molar-refractivity contribution in [2.45, 2.75) is 20.5 Å². The molecule has 0 aliphatic heterocycles. The lowest BCUT2D eigenvalue weighted by Gasteiger charge is -2.12. The van der Waals surface area contributed by atoms with E-state index in [0.29, 0.717) is 5.56 Å². The molecule has 0 atom stereocenters. The van der Waals surface area contributed by atoms with E-state index in [-0.39, 0.29) is 22.8 Å². The molecule has 0 radical (unpaired) electrons. The molecule has 0 spiro atoms. The van der Waals surface area contributed by atoms with E-state index < -0.39 is 30.7 Å². The summed E-state index contributed by atoms with van der Waals surface area (Å²) >= 11 is 0. The van der Waals surface area contributed by atoms with E-state index >= 15 is 0 Å². The van der Waals surface area contributed by atoms with Crippen molar-refractivity contribution < 1.29 is 32.3 Å². The van der Waals surface area contributed by atoms with E-state index in [2.05, 4.69) is 10.1 Å². The van der Waals surface area contributed by atoms with E-state index in [1.54, 1.807) is 0 Å². The molecule has 2 aromatic rings.